The Balaban J connectivity index is 1.35. The summed E-state index contributed by atoms with van der Waals surface area (Å²) >= 11 is 0. The number of hydrogen-bond acceptors (Lipinski definition) is 7. The molecule has 5 rings (SSSR count). The maximum Gasteiger partial charge on any atom is 0.198 e. The lowest BCUT2D eigenvalue weighted by Gasteiger charge is -2.45. The summed E-state index contributed by atoms with van der Waals surface area (Å²) in [4.78, 5) is 6.17. The molecule has 0 aliphatic heterocycles. The van der Waals surface area contributed by atoms with Gasteiger partial charge in [-0.3, -0.25) is 0 Å². The number of phenolic OH excluding ortho intramolecular Hbond substituents is 1. The van der Waals surface area contributed by atoms with Crippen molar-refractivity contribution in [1.82, 2.24) is 25.0 Å². The summed E-state index contributed by atoms with van der Waals surface area (Å²) in [6.07, 6.45) is 6.71. The van der Waals surface area contributed by atoms with Gasteiger partial charge in [0.15, 0.2) is 23.2 Å². The van der Waals surface area contributed by atoms with E-state index in [0.717, 1.165) is 38.3 Å². The number of nitrogens with zero attached hydrogens (tertiary/aromatic N) is 7. The lowest BCUT2D eigenvalue weighted by Crippen LogP contribution is -2.49. The summed E-state index contributed by atoms with van der Waals surface area (Å²) in [6, 6.07) is 5.96. The molecule has 1 aromatic carbocycles. The molecule has 2 fully saturated rings. The summed E-state index contributed by atoms with van der Waals surface area (Å²) < 4.78 is 29.9. The second kappa shape index (κ2) is 8.39. The van der Waals surface area contributed by atoms with E-state index in [1.807, 2.05) is 11.9 Å². The molecule has 0 radical (unpaired) electrons. The standard InChI is InChI=1S/C23H23F2N7O/c1-31(19-8-13-3-2-4-14(7-13)22(19)25)21-11-27-23(29-28-21)16-6-5-15(9-20(16)33)32-12-17(24)18(10-26)30-32/h5-6,9,11-14,19,22,33H,2-4,7-8H2,1H3/t13-,14+,19+,22-/m0/s1. The van der Waals surface area contributed by atoms with Gasteiger partial charge in [-0.2, -0.15) is 10.4 Å². The third-order valence-electron chi connectivity index (χ3n) is 6.89. The largest absolute Gasteiger partial charge is 0.507 e. The van der Waals surface area contributed by atoms with E-state index < -0.39 is 12.0 Å². The van der Waals surface area contributed by atoms with Crippen LogP contribution in [0.4, 0.5) is 14.6 Å². The van der Waals surface area contributed by atoms with Crippen LogP contribution in [0, 0.1) is 29.0 Å². The highest BCUT2D eigenvalue weighted by Crippen LogP contribution is 2.43. The first kappa shape index (κ1) is 21.2. The minimum atomic E-state index is -0.890. The number of nitriles is 1. The van der Waals surface area contributed by atoms with Crippen LogP contribution < -0.4 is 4.90 Å². The van der Waals surface area contributed by atoms with Crippen LogP contribution in [0.25, 0.3) is 17.1 Å². The van der Waals surface area contributed by atoms with Crippen LogP contribution >= 0.6 is 0 Å². The average molecular weight is 451 g/mol. The van der Waals surface area contributed by atoms with Crippen molar-refractivity contribution in [2.45, 2.75) is 44.3 Å². The molecular formula is C23H23F2N7O. The molecule has 2 aromatic heterocycles. The number of aromatic hydroxyl groups is 1. The van der Waals surface area contributed by atoms with Crippen molar-refractivity contribution in [1.29, 1.82) is 5.26 Å². The van der Waals surface area contributed by atoms with Crippen LogP contribution in [0.2, 0.25) is 0 Å². The number of anilines is 1. The predicted molar refractivity (Wildman–Crippen MR) is 116 cm³/mol. The van der Waals surface area contributed by atoms with Crippen LogP contribution in [-0.4, -0.2) is 49.3 Å². The Hall–Kier alpha value is -3.61. The molecule has 2 saturated carbocycles. The van der Waals surface area contributed by atoms with Crippen molar-refractivity contribution in [2.24, 2.45) is 11.8 Å². The van der Waals surface area contributed by atoms with E-state index in [1.54, 1.807) is 18.2 Å². The molecule has 0 spiro atoms. The second-order valence-electron chi connectivity index (χ2n) is 8.87. The highest BCUT2D eigenvalue weighted by molar-refractivity contribution is 5.66. The lowest BCUT2D eigenvalue weighted by atomic mass is 9.69. The first-order chi connectivity index (χ1) is 15.9. The number of halogens is 2. The molecule has 0 unspecified atom stereocenters. The van der Waals surface area contributed by atoms with Gasteiger partial charge >= 0.3 is 0 Å². The maximum absolute atomic E-state index is 15.1. The first-order valence-electron chi connectivity index (χ1n) is 11.0. The number of phenols is 1. The molecule has 2 heterocycles. The van der Waals surface area contributed by atoms with Gasteiger partial charge in [0, 0.05) is 13.1 Å². The Labute approximate surface area is 189 Å². The fraction of sp³-hybridized carbons (Fsp3) is 0.435. The highest BCUT2D eigenvalue weighted by atomic mass is 19.1. The summed E-state index contributed by atoms with van der Waals surface area (Å²) in [7, 11) is 1.83. The number of rotatable bonds is 4. The fourth-order valence-corrected chi connectivity index (χ4v) is 5.13. The number of aromatic nitrogens is 5. The van der Waals surface area contributed by atoms with E-state index in [4.69, 9.17) is 5.26 Å². The molecule has 1 N–H and O–H groups in total. The zero-order valence-corrected chi connectivity index (χ0v) is 18.1. The molecule has 170 valence electrons. The van der Waals surface area contributed by atoms with Gasteiger partial charge < -0.3 is 10.0 Å². The Morgan fingerprint density at radius 1 is 1.24 bits per heavy atom. The molecule has 3 aromatic rings. The third kappa shape index (κ3) is 3.88. The zero-order chi connectivity index (χ0) is 23.1. The maximum atomic E-state index is 15.1. The molecule has 2 aliphatic carbocycles. The van der Waals surface area contributed by atoms with Crippen molar-refractivity contribution < 1.29 is 13.9 Å². The Morgan fingerprint density at radius 3 is 2.79 bits per heavy atom. The van der Waals surface area contributed by atoms with E-state index in [0.29, 0.717) is 23.0 Å². The number of benzene rings is 1. The molecule has 10 heteroatoms. The van der Waals surface area contributed by atoms with E-state index in [1.165, 1.54) is 16.9 Å². The topological polar surface area (TPSA) is 104 Å². The molecule has 4 atom stereocenters. The summed E-state index contributed by atoms with van der Waals surface area (Å²) in [5.74, 6) is 0.482. The van der Waals surface area contributed by atoms with E-state index in [2.05, 4.69) is 20.3 Å². The molecule has 2 bridgehead atoms. The van der Waals surface area contributed by atoms with Gasteiger partial charge in [0.2, 0.25) is 0 Å². The number of fused-ring (bicyclic) bond motifs is 2. The Kier molecular flexibility index (Phi) is 5.40. The van der Waals surface area contributed by atoms with Gasteiger partial charge in [-0.15, -0.1) is 10.2 Å². The monoisotopic (exact) mass is 451 g/mol. The third-order valence-corrected chi connectivity index (χ3v) is 6.89. The molecular weight excluding hydrogens is 428 g/mol. The Morgan fingerprint density at radius 2 is 2.09 bits per heavy atom. The smallest absolute Gasteiger partial charge is 0.198 e. The van der Waals surface area contributed by atoms with Crippen LogP contribution in [0.3, 0.4) is 0 Å². The summed E-state index contributed by atoms with van der Waals surface area (Å²) in [5, 5.41) is 31.6. The second-order valence-corrected chi connectivity index (χ2v) is 8.87. The van der Waals surface area contributed by atoms with Crippen LogP contribution in [-0.2, 0) is 0 Å². The molecule has 2 aliphatic rings. The normalized spacial score (nSPS) is 24.3. The number of hydrogen-bond donors (Lipinski definition) is 1. The fourth-order valence-electron chi connectivity index (χ4n) is 5.13. The zero-order valence-electron chi connectivity index (χ0n) is 18.1. The van der Waals surface area contributed by atoms with E-state index in [-0.39, 0.29) is 29.2 Å². The SMILES string of the molecule is CN(c1cnc(-c2ccc(-n3cc(F)c(C#N)n3)cc2O)nn1)[C@@H]1C[C@H]2CCC[C@H](C2)[C@@H]1F. The van der Waals surface area contributed by atoms with Crippen LogP contribution in [0.15, 0.2) is 30.6 Å². The van der Waals surface area contributed by atoms with E-state index >= 15 is 4.39 Å². The molecule has 0 saturated heterocycles. The van der Waals surface area contributed by atoms with Gasteiger partial charge in [0.25, 0.3) is 0 Å². The molecule has 0 amide bonds. The first-order valence-corrected chi connectivity index (χ1v) is 11.0. The van der Waals surface area contributed by atoms with Crippen LogP contribution in [0.5, 0.6) is 5.75 Å². The van der Waals surface area contributed by atoms with Gasteiger partial charge in [-0.05, 0) is 43.2 Å². The highest BCUT2D eigenvalue weighted by Gasteiger charge is 2.42. The Bertz CT molecular complexity index is 1210. The lowest BCUT2D eigenvalue weighted by molar-refractivity contribution is 0.0656. The van der Waals surface area contributed by atoms with Crippen molar-refractivity contribution >= 4 is 5.82 Å². The molecule has 8 nitrogen and oxygen atoms in total. The summed E-state index contributed by atoms with van der Waals surface area (Å²) in [6.45, 7) is 0. The van der Waals surface area contributed by atoms with Crippen molar-refractivity contribution in [3.05, 3.63) is 42.1 Å². The number of alkyl halides is 1. The summed E-state index contributed by atoms with van der Waals surface area (Å²) in [5.41, 5.74) is 0.380. The van der Waals surface area contributed by atoms with Crippen LogP contribution in [0.1, 0.15) is 37.8 Å². The predicted octanol–water partition coefficient (Wildman–Crippen LogP) is 3.79. The van der Waals surface area contributed by atoms with Crippen molar-refractivity contribution in [2.75, 3.05) is 11.9 Å². The van der Waals surface area contributed by atoms with Crippen molar-refractivity contribution in [3.8, 4) is 28.9 Å². The van der Waals surface area contributed by atoms with Gasteiger partial charge in [-0.1, -0.05) is 12.8 Å². The van der Waals surface area contributed by atoms with Crippen molar-refractivity contribution in [3.63, 3.8) is 0 Å². The minimum Gasteiger partial charge on any atom is -0.507 e. The minimum absolute atomic E-state index is 0.119. The van der Waals surface area contributed by atoms with E-state index in [9.17, 15) is 9.50 Å². The van der Waals surface area contributed by atoms with Gasteiger partial charge in [0.05, 0.1) is 29.7 Å². The average Bonchev–Trinajstić information content (AvgIpc) is 3.22. The molecule has 33 heavy (non-hydrogen) atoms. The van der Waals surface area contributed by atoms with Gasteiger partial charge in [-0.25, -0.2) is 18.4 Å². The van der Waals surface area contributed by atoms with Gasteiger partial charge in [0.1, 0.15) is 18.0 Å². The quantitative estimate of drug-likeness (QED) is 0.644.